The zero-order valence-electron chi connectivity index (χ0n) is 16.2. The highest BCUT2D eigenvalue weighted by Crippen LogP contribution is 2.31. The van der Waals surface area contributed by atoms with Gasteiger partial charge in [0.1, 0.15) is 0 Å². The Morgan fingerprint density at radius 1 is 1.21 bits per heavy atom. The number of halogens is 2. The molecule has 1 aliphatic rings. The van der Waals surface area contributed by atoms with Crippen molar-refractivity contribution in [1.82, 2.24) is 5.32 Å². The first-order chi connectivity index (χ1) is 13.6. The third kappa shape index (κ3) is 5.86. The molecule has 6 heteroatoms. The number of carboxylic acids is 1. The molecule has 0 fully saturated rings. The van der Waals surface area contributed by atoms with Crippen LogP contribution >= 0.6 is 24.0 Å². The molecule has 29 heavy (non-hydrogen) atoms. The van der Waals surface area contributed by atoms with Crippen molar-refractivity contribution in [2.24, 2.45) is 0 Å². The minimum Gasteiger partial charge on any atom is -0.500 e. The van der Waals surface area contributed by atoms with Crippen LogP contribution in [0.3, 0.4) is 0 Å². The molecule has 1 unspecified atom stereocenters. The Bertz CT molecular complexity index is 861. The molecule has 154 valence electrons. The number of benzene rings is 2. The van der Waals surface area contributed by atoms with Crippen molar-refractivity contribution in [3.05, 3.63) is 88.2 Å². The predicted octanol–water partition coefficient (Wildman–Crippen LogP) is 5.24. The highest BCUT2D eigenvalue weighted by atomic mass is 35.5. The Morgan fingerprint density at radius 2 is 1.90 bits per heavy atom. The van der Waals surface area contributed by atoms with Gasteiger partial charge in [0.05, 0.1) is 18.4 Å². The maximum absolute atomic E-state index is 11.4. The molecule has 0 saturated carbocycles. The number of ether oxygens (including phenoxy) is 1. The molecule has 2 aromatic carbocycles. The lowest BCUT2D eigenvalue weighted by Gasteiger charge is -2.23. The van der Waals surface area contributed by atoms with Gasteiger partial charge in [-0.25, -0.2) is 4.79 Å². The van der Waals surface area contributed by atoms with E-state index in [-0.39, 0.29) is 18.4 Å². The molecule has 3 rings (SSSR count). The van der Waals surface area contributed by atoms with E-state index < -0.39 is 5.97 Å². The Morgan fingerprint density at radius 3 is 2.59 bits per heavy atom. The zero-order valence-corrected chi connectivity index (χ0v) is 17.8. The number of aryl methyl sites for hydroxylation is 1. The quantitative estimate of drug-likeness (QED) is 0.462. The number of hydrogen-bond acceptors (Lipinski definition) is 3. The molecular weight excluding hydrogens is 409 g/mol. The SMILES string of the molecule is Cc1ccccc1C(=COCCC1NCCC=C1C(=O)O)c1ccccc1Cl.Cl. The summed E-state index contributed by atoms with van der Waals surface area (Å²) in [6, 6.07) is 15.6. The lowest BCUT2D eigenvalue weighted by atomic mass is 9.95. The standard InChI is InChI=1S/C23H24ClNO3.ClH/c1-16-7-2-3-8-17(16)20(18-9-4-5-11-21(18)24)15-28-14-12-22-19(23(26)27)10-6-13-25-22;/h2-5,7-11,15,22,25H,6,12-14H2,1H3,(H,26,27);1H. The lowest BCUT2D eigenvalue weighted by molar-refractivity contribution is -0.133. The van der Waals surface area contributed by atoms with Crippen LogP contribution in [0.4, 0.5) is 0 Å². The Labute approximate surface area is 182 Å². The summed E-state index contributed by atoms with van der Waals surface area (Å²) in [6.07, 6.45) is 4.85. The van der Waals surface area contributed by atoms with E-state index in [2.05, 4.69) is 18.3 Å². The summed E-state index contributed by atoms with van der Waals surface area (Å²) in [5, 5.41) is 13.2. The molecule has 0 bridgehead atoms. The number of carbonyl (C=O) groups is 1. The monoisotopic (exact) mass is 433 g/mol. The fourth-order valence-corrected chi connectivity index (χ4v) is 3.62. The average Bonchev–Trinajstić information content (AvgIpc) is 2.70. The van der Waals surface area contributed by atoms with Crippen molar-refractivity contribution in [3.63, 3.8) is 0 Å². The molecule has 0 aromatic heterocycles. The average molecular weight is 434 g/mol. The van der Waals surface area contributed by atoms with E-state index in [1.807, 2.05) is 42.5 Å². The van der Waals surface area contributed by atoms with E-state index in [4.69, 9.17) is 16.3 Å². The van der Waals surface area contributed by atoms with Gasteiger partial charge in [-0.15, -0.1) is 12.4 Å². The highest BCUT2D eigenvalue weighted by Gasteiger charge is 2.22. The van der Waals surface area contributed by atoms with Crippen LogP contribution in [0.15, 0.2) is 66.4 Å². The molecule has 1 aliphatic heterocycles. The van der Waals surface area contributed by atoms with Crippen LogP contribution in [-0.2, 0) is 9.53 Å². The smallest absolute Gasteiger partial charge is 0.332 e. The fourth-order valence-electron chi connectivity index (χ4n) is 3.39. The normalized spacial score (nSPS) is 16.6. The van der Waals surface area contributed by atoms with Crippen LogP contribution in [-0.4, -0.2) is 30.3 Å². The number of aliphatic carboxylic acids is 1. The molecule has 2 aromatic rings. The summed E-state index contributed by atoms with van der Waals surface area (Å²) < 4.78 is 5.86. The maximum Gasteiger partial charge on any atom is 0.332 e. The minimum absolute atomic E-state index is 0. The second-order valence-corrected chi connectivity index (χ2v) is 7.15. The van der Waals surface area contributed by atoms with Gasteiger partial charge in [0.25, 0.3) is 0 Å². The van der Waals surface area contributed by atoms with Gasteiger partial charge in [-0.05, 0) is 37.1 Å². The van der Waals surface area contributed by atoms with Crippen LogP contribution in [0, 0.1) is 6.92 Å². The molecule has 2 N–H and O–H groups in total. The molecule has 1 atom stereocenters. The summed E-state index contributed by atoms with van der Waals surface area (Å²) in [7, 11) is 0. The summed E-state index contributed by atoms with van der Waals surface area (Å²) in [5.74, 6) is -0.871. The molecule has 0 spiro atoms. The highest BCUT2D eigenvalue weighted by molar-refractivity contribution is 6.32. The van der Waals surface area contributed by atoms with Gasteiger partial charge >= 0.3 is 5.97 Å². The van der Waals surface area contributed by atoms with Gasteiger partial charge in [0, 0.05) is 28.6 Å². The third-order valence-corrected chi connectivity index (χ3v) is 5.18. The second kappa shape index (κ2) is 11.1. The van der Waals surface area contributed by atoms with E-state index in [0.717, 1.165) is 35.2 Å². The lowest BCUT2D eigenvalue weighted by Crippen LogP contribution is -2.38. The van der Waals surface area contributed by atoms with Gasteiger partial charge in [0.15, 0.2) is 0 Å². The van der Waals surface area contributed by atoms with Gasteiger partial charge in [-0.1, -0.05) is 60.1 Å². The molecule has 4 nitrogen and oxygen atoms in total. The molecular formula is C23H25Cl2NO3. The number of rotatable bonds is 7. The van der Waals surface area contributed by atoms with E-state index in [1.54, 1.807) is 12.3 Å². The van der Waals surface area contributed by atoms with Crippen molar-refractivity contribution < 1.29 is 14.6 Å². The summed E-state index contributed by atoms with van der Waals surface area (Å²) in [4.78, 5) is 11.4. The molecule has 0 amide bonds. The fraction of sp³-hybridized carbons (Fsp3) is 0.261. The van der Waals surface area contributed by atoms with E-state index in [9.17, 15) is 9.90 Å². The van der Waals surface area contributed by atoms with Crippen molar-refractivity contribution in [2.75, 3.05) is 13.2 Å². The van der Waals surface area contributed by atoms with Crippen molar-refractivity contribution >= 4 is 35.6 Å². The number of hydrogen-bond donors (Lipinski definition) is 2. The van der Waals surface area contributed by atoms with Crippen LogP contribution in [0.25, 0.3) is 5.57 Å². The minimum atomic E-state index is -0.871. The Balaban J connectivity index is 0.00000300. The summed E-state index contributed by atoms with van der Waals surface area (Å²) in [6.45, 7) is 3.24. The van der Waals surface area contributed by atoms with Gasteiger partial charge in [0.2, 0.25) is 0 Å². The molecule has 1 heterocycles. The third-order valence-electron chi connectivity index (χ3n) is 4.85. The van der Waals surface area contributed by atoms with Crippen LogP contribution in [0.1, 0.15) is 29.5 Å². The summed E-state index contributed by atoms with van der Waals surface area (Å²) in [5.41, 5.74) is 4.42. The molecule has 0 radical (unpaired) electrons. The maximum atomic E-state index is 11.4. The number of carboxylic acid groups (broad SMARTS) is 1. The first-order valence-electron chi connectivity index (χ1n) is 9.37. The van der Waals surface area contributed by atoms with E-state index in [1.165, 1.54) is 0 Å². The van der Waals surface area contributed by atoms with Gasteiger partial charge in [-0.2, -0.15) is 0 Å². The molecule has 0 aliphatic carbocycles. The first-order valence-corrected chi connectivity index (χ1v) is 9.75. The van der Waals surface area contributed by atoms with Crippen molar-refractivity contribution in [1.29, 1.82) is 0 Å². The van der Waals surface area contributed by atoms with Crippen LogP contribution in [0.2, 0.25) is 5.02 Å². The first kappa shape index (κ1) is 23.0. The topological polar surface area (TPSA) is 58.6 Å². The van der Waals surface area contributed by atoms with Crippen LogP contribution in [0.5, 0.6) is 0 Å². The van der Waals surface area contributed by atoms with Gasteiger partial charge < -0.3 is 15.2 Å². The van der Waals surface area contributed by atoms with Crippen molar-refractivity contribution in [3.8, 4) is 0 Å². The zero-order chi connectivity index (χ0) is 19.9. The van der Waals surface area contributed by atoms with E-state index in [0.29, 0.717) is 23.6 Å². The van der Waals surface area contributed by atoms with Crippen molar-refractivity contribution in [2.45, 2.75) is 25.8 Å². The van der Waals surface area contributed by atoms with Gasteiger partial charge in [-0.3, -0.25) is 0 Å². The Kier molecular flexibility index (Phi) is 8.77. The Hall–Kier alpha value is -2.27. The molecule has 0 saturated heterocycles. The predicted molar refractivity (Wildman–Crippen MR) is 120 cm³/mol. The largest absolute Gasteiger partial charge is 0.500 e. The van der Waals surface area contributed by atoms with Crippen LogP contribution < -0.4 is 5.32 Å². The van der Waals surface area contributed by atoms with E-state index >= 15 is 0 Å². The number of nitrogens with one attached hydrogen (secondary N) is 1. The second-order valence-electron chi connectivity index (χ2n) is 6.75. The summed E-state index contributed by atoms with van der Waals surface area (Å²) >= 11 is 6.43.